The molecule has 3 heteroatoms. The van der Waals surface area contributed by atoms with Crippen molar-refractivity contribution >= 4 is 0 Å². The Bertz CT molecular complexity index is 187. The minimum Gasteiger partial charge on any atom is -0.394 e. The van der Waals surface area contributed by atoms with Crippen LogP contribution < -0.4 is 5.32 Å². The third kappa shape index (κ3) is 3.44. The number of nitrogens with one attached hydrogen (secondary N) is 1. The first-order valence-corrected chi connectivity index (χ1v) is 6.72. The van der Waals surface area contributed by atoms with Crippen molar-refractivity contribution in [2.75, 3.05) is 26.4 Å². The SMILES string of the molecule is CCCOCCC1CCCC1(CO)NCC. The first kappa shape index (κ1) is 13.9. The van der Waals surface area contributed by atoms with Gasteiger partial charge < -0.3 is 15.2 Å². The molecule has 0 aliphatic heterocycles. The van der Waals surface area contributed by atoms with Crippen molar-refractivity contribution < 1.29 is 9.84 Å². The predicted octanol–water partition coefficient (Wildman–Crippen LogP) is 1.94. The quantitative estimate of drug-likeness (QED) is 0.625. The van der Waals surface area contributed by atoms with Crippen molar-refractivity contribution in [2.24, 2.45) is 5.92 Å². The zero-order chi connectivity index (χ0) is 11.9. The molecule has 0 radical (unpaired) electrons. The van der Waals surface area contributed by atoms with E-state index in [9.17, 15) is 5.11 Å². The molecule has 0 aromatic rings. The number of ether oxygens (including phenoxy) is 1. The highest BCUT2D eigenvalue weighted by atomic mass is 16.5. The van der Waals surface area contributed by atoms with Crippen LogP contribution in [0, 0.1) is 5.92 Å². The van der Waals surface area contributed by atoms with Crippen molar-refractivity contribution in [3.8, 4) is 0 Å². The van der Waals surface area contributed by atoms with Gasteiger partial charge in [-0.05, 0) is 38.1 Å². The number of hydrogen-bond donors (Lipinski definition) is 2. The van der Waals surface area contributed by atoms with Crippen LogP contribution in [0.15, 0.2) is 0 Å². The van der Waals surface area contributed by atoms with Crippen molar-refractivity contribution in [1.29, 1.82) is 0 Å². The van der Waals surface area contributed by atoms with E-state index in [-0.39, 0.29) is 12.1 Å². The van der Waals surface area contributed by atoms with Gasteiger partial charge in [0.25, 0.3) is 0 Å². The molecule has 2 atom stereocenters. The summed E-state index contributed by atoms with van der Waals surface area (Å²) in [6.45, 7) is 7.14. The van der Waals surface area contributed by atoms with Gasteiger partial charge in [-0.25, -0.2) is 0 Å². The Balaban J connectivity index is 2.37. The maximum absolute atomic E-state index is 9.62. The lowest BCUT2D eigenvalue weighted by Gasteiger charge is -2.34. The third-order valence-corrected chi connectivity index (χ3v) is 3.73. The molecule has 1 aliphatic rings. The van der Waals surface area contributed by atoms with Gasteiger partial charge >= 0.3 is 0 Å². The van der Waals surface area contributed by atoms with Crippen molar-refractivity contribution in [3.63, 3.8) is 0 Å². The second kappa shape index (κ2) is 7.25. The van der Waals surface area contributed by atoms with Crippen LogP contribution in [-0.2, 0) is 4.74 Å². The summed E-state index contributed by atoms with van der Waals surface area (Å²) in [5, 5.41) is 13.1. The van der Waals surface area contributed by atoms with Crippen molar-refractivity contribution in [1.82, 2.24) is 5.32 Å². The molecule has 3 nitrogen and oxygen atoms in total. The second-order valence-electron chi connectivity index (χ2n) is 4.83. The van der Waals surface area contributed by atoms with E-state index < -0.39 is 0 Å². The van der Waals surface area contributed by atoms with Gasteiger partial charge in [-0.15, -0.1) is 0 Å². The highest BCUT2D eigenvalue weighted by Gasteiger charge is 2.41. The number of hydrogen-bond acceptors (Lipinski definition) is 3. The lowest BCUT2D eigenvalue weighted by atomic mass is 9.85. The minimum absolute atomic E-state index is 0.0235. The molecule has 16 heavy (non-hydrogen) atoms. The Kier molecular flexibility index (Phi) is 6.32. The zero-order valence-electron chi connectivity index (χ0n) is 10.8. The summed E-state index contributed by atoms with van der Waals surface area (Å²) in [6, 6.07) is 0. The Morgan fingerprint density at radius 3 is 2.81 bits per heavy atom. The molecular formula is C13H27NO2. The van der Waals surface area contributed by atoms with E-state index in [2.05, 4.69) is 19.2 Å². The van der Waals surface area contributed by atoms with Crippen LogP contribution in [0.3, 0.4) is 0 Å². The second-order valence-corrected chi connectivity index (χ2v) is 4.83. The summed E-state index contributed by atoms with van der Waals surface area (Å²) >= 11 is 0. The Hall–Kier alpha value is -0.120. The Morgan fingerprint density at radius 1 is 1.38 bits per heavy atom. The predicted molar refractivity (Wildman–Crippen MR) is 66.6 cm³/mol. The van der Waals surface area contributed by atoms with Gasteiger partial charge in [0.2, 0.25) is 0 Å². The van der Waals surface area contributed by atoms with Gasteiger partial charge in [-0.3, -0.25) is 0 Å². The molecular weight excluding hydrogens is 202 g/mol. The molecule has 0 heterocycles. The largest absolute Gasteiger partial charge is 0.394 e. The van der Waals surface area contributed by atoms with Crippen molar-refractivity contribution in [2.45, 2.75) is 51.5 Å². The molecule has 1 fully saturated rings. The lowest BCUT2D eigenvalue weighted by molar-refractivity contribution is 0.0800. The van der Waals surface area contributed by atoms with E-state index >= 15 is 0 Å². The number of aliphatic hydroxyl groups excluding tert-OH is 1. The summed E-state index contributed by atoms with van der Waals surface area (Å²) in [5.41, 5.74) is -0.0235. The van der Waals surface area contributed by atoms with Crippen LogP contribution in [-0.4, -0.2) is 37.0 Å². The van der Waals surface area contributed by atoms with Crippen LogP contribution in [0.25, 0.3) is 0 Å². The molecule has 1 aliphatic carbocycles. The first-order chi connectivity index (χ1) is 7.79. The fourth-order valence-corrected chi connectivity index (χ4v) is 2.89. The molecule has 2 unspecified atom stereocenters. The zero-order valence-corrected chi connectivity index (χ0v) is 10.8. The third-order valence-electron chi connectivity index (χ3n) is 3.73. The van der Waals surface area contributed by atoms with Crippen molar-refractivity contribution in [3.05, 3.63) is 0 Å². The van der Waals surface area contributed by atoms with Crippen LogP contribution in [0.4, 0.5) is 0 Å². The monoisotopic (exact) mass is 229 g/mol. The molecule has 0 bridgehead atoms. The van der Waals surface area contributed by atoms with Crippen LogP contribution in [0.5, 0.6) is 0 Å². The first-order valence-electron chi connectivity index (χ1n) is 6.72. The standard InChI is InChI=1S/C13H27NO2/c1-3-9-16-10-7-12-6-5-8-13(12,11-15)14-4-2/h12,14-15H,3-11H2,1-2H3. The minimum atomic E-state index is -0.0235. The van der Waals surface area contributed by atoms with E-state index in [4.69, 9.17) is 4.74 Å². The molecule has 0 aromatic carbocycles. The summed E-state index contributed by atoms with van der Waals surface area (Å²) in [6.07, 6.45) is 5.72. The van der Waals surface area contributed by atoms with E-state index in [1.54, 1.807) is 0 Å². The van der Waals surface area contributed by atoms with Gasteiger partial charge in [0.1, 0.15) is 0 Å². The van der Waals surface area contributed by atoms with Crippen LogP contribution in [0.2, 0.25) is 0 Å². The molecule has 96 valence electrons. The highest BCUT2D eigenvalue weighted by Crippen LogP contribution is 2.37. The van der Waals surface area contributed by atoms with E-state index in [1.165, 1.54) is 12.8 Å². The number of rotatable bonds is 8. The maximum Gasteiger partial charge on any atom is 0.0616 e. The van der Waals surface area contributed by atoms with Gasteiger partial charge in [0.15, 0.2) is 0 Å². The van der Waals surface area contributed by atoms with Gasteiger partial charge in [0.05, 0.1) is 6.61 Å². The fourth-order valence-electron chi connectivity index (χ4n) is 2.89. The van der Waals surface area contributed by atoms with E-state index in [0.717, 1.165) is 39.0 Å². The molecule has 0 aromatic heterocycles. The maximum atomic E-state index is 9.62. The molecule has 0 saturated heterocycles. The molecule has 2 N–H and O–H groups in total. The Labute approximate surface area is 99.6 Å². The van der Waals surface area contributed by atoms with E-state index in [0.29, 0.717) is 5.92 Å². The summed E-state index contributed by atoms with van der Waals surface area (Å²) in [7, 11) is 0. The van der Waals surface area contributed by atoms with Gasteiger partial charge in [-0.2, -0.15) is 0 Å². The number of likely N-dealkylation sites (N-methyl/N-ethyl adjacent to an activating group) is 1. The highest BCUT2D eigenvalue weighted by molar-refractivity contribution is 4.98. The number of aliphatic hydroxyl groups is 1. The summed E-state index contributed by atoms with van der Waals surface area (Å²) in [5.74, 6) is 0.578. The lowest BCUT2D eigenvalue weighted by Crippen LogP contribution is -2.51. The molecule has 1 saturated carbocycles. The van der Waals surface area contributed by atoms with Gasteiger partial charge in [0, 0.05) is 18.8 Å². The Morgan fingerprint density at radius 2 is 2.19 bits per heavy atom. The fraction of sp³-hybridized carbons (Fsp3) is 1.00. The molecule has 0 spiro atoms. The van der Waals surface area contributed by atoms with Crippen LogP contribution >= 0.6 is 0 Å². The summed E-state index contributed by atoms with van der Waals surface area (Å²) in [4.78, 5) is 0. The summed E-state index contributed by atoms with van der Waals surface area (Å²) < 4.78 is 5.55. The smallest absolute Gasteiger partial charge is 0.0616 e. The average molecular weight is 229 g/mol. The van der Waals surface area contributed by atoms with E-state index in [1.807, 2.05) is 0 Å². The average Bonchev–Trinajstić information content (AvgIpc) is 2.69. The van der Waals surface area contributed by atoms with Gasteiger partial charge in [-0.1, -0.05) is 20.3 Å². The normalized spacial score (nSPS) is 29.8. The van der Waals surface area contributed by atoms with Crippen LogP contribution in [0.1, 0.15) is 46.0 Å². The molecule has 1 rings (SSSR count). The topological polar surface area (TPSA) is 41.5 Å². The molecule has 0 amide bonds.